The smallest absolute Gasteiger partial charge is 0.130 e. The number of pyridine rings is 1. The fourth-order valence-corrected chi connectivity index (χ4v) is 5.80. The van der Waals surface area contributed by atoms with Gasteiger partial charge in [-0.2, -0.15) is 0 Å². The van der Waals surface area contributed by atoms with Crippen molar-refractivity contribution >= 4 is 33.7 Å². The minimum absolute atomic E-state index is 0.707. The van der Waals surface area contributed by atoms with E-state index in [1.54, 1.807) is 6.20 Å². The van der Waals surface area contributed by atoms with Crippen molar-refractivity contribution < 1.29 is 4.21 Å². The van der Waals surface area contributed by atoms with Crippen molar-refractivity contribution in [3.8, 4) is 0 Å². The number of nitrogens with zero attached hydrogens (tertiary/aromatic N) is 2. The maximum absolute atomic E-state index is 13.2. The summed E-state index contributed by atoms with van der Waals surface area (Å²) in [5.74, 6) is 0.945. The van der Waals surface area contributed by atoms with Crippen LogP contribution in [-0.4, -0.2) is 25.8 Å². The molecule has 3 aromatic carbocycles. The number of hydrogen-bond acceptors (Lipinski definition) is 3. The van der Waals surface area contributed by atoms with Crippen LogP contribution in [0.15, 0.2) is 101 Å². The van der Waals surface area contributed by atoms with Crippen LogP contribution in [0.2, 0.25) is 0 Å². The largest absolute Gasteiger partial charge is 0.255 e. The molecule has 152 valence electrons. The standard InChI is InChI=1S/C18H16N2OS2.C7H8/c21-23(17-9-3-6-14-7-4-10-19-18(14)17)20-11-12-22-16-8-2-1-5-15(16)13-20;1-7-5-3-2-4-6-7/h1-10H,11-13H2;2-6H,1H3. The molecule has 0 fully saturated rings. The third-order valence-electron chi connectivity index (χ3n) is 4.88. The monoisotopic (exact) mass is 432 g/mol. The van der Waals surface area contributed by atoms with Crippen molar-refractivity contribution in [2.75, 3.05) is 12.3 Å². The molecule has 1 aliphatic heterocycles. The van der Waals surface area contributed by atoms with E-state index in [4.69, 9.17) is 0 Å². The molecule has 3 nitrogen and oxygen atoms in total. The Labute approximate surface area is 184 Å². The molecule has 2 heterocycles. The van der Waals surface area contributed by atoms with E-state index in [-0.39, 0.29) is 0 Å². The maximum Gasteiger partial charge on any atom is 0.130 e. The summed E-state index contributed by atoms with van der Waals surface area (Å²) in [6, 6.07) is 28.5. The topological polar surface area (TPSA) is 33.2 Å². The zero-order chi connectivity index (χ0) is 20.8. The molecule has 0 radical (unpaired) electrons. The normalized spacial score (nSPS) is 14.8. The van der Waals surface area contributed by atoms with Gasteiger partial charge in [-0.15, -0.1) is 11.8 Å². The summed E-state index contributed by atoms with van der Waals surface area (Å²) >= 11 is 1.84. The molecular formula is C25H24N2OS2. The van der Waals surface area contributed by atoms with Crippen LogP contribution in [0, 0.1) is 6.92 Å². The Morgan fingerprint density at radius 1 is 0.900 bits per heavy atom. The second-order valence-corrected chi connectivity index (χ2v) is 9.65. The molecule has 1 aliphatic rings. The van der Waals surface area contributed by atoms with Gasteiger partial charge in [0.15, 0.2) is 0 Å². The van der Waals surface area contributed by atoms with Crippen LogP contribution in [0.5, 0.6) is 0 Å². The van der Waals surface area contributed by atoms with Crippen molar-refractivity contribution in [1.82, 2.24) is 9.29 Å². The molecule has 5 rings (SSSR count). The van der Waals surface area contributed by atoms with Crippen LogP contribution >= 0.6 is 11.8 Å². The first kappa shape index (κ1) is 20.8. The van der Waals surface area contributed by atoms with E-state index in [9.17, 15) is 4.21 Å². The van der Waals surface area contributed by atoms with E-state index in [2.05, 4.69) is 42.2 Å². The van der Waals surface area contributed by atoms with Gasteiger partial charge < -0.3 is 0 Å². The first-order valence-electron chi connectivity index (χ1n) is 9.95. The lowest BCUT2D eigenvalue weighted by atomic mass is 10.2. The number of aromatic nitrogens is 1. The van der Waals surface area contributed by atoms with Crippen LogP contribution < -0.4 is 0 Å². The highest BCUT2D eigenvalue weighted by atomic mass is 32.2. The zero-order valence-corrected chi connectivity index (χ0v) is 18.5. The quantitative estimate of drug-likeness (QED) is 0.398. The SMILES string of the molecule is Cc1ccccc1.O=S(c1cccc2cccnc12)N1CCSc2ccccc2C1. The third-order valence-corrected chi connectivity index (χ3v) is 7.46. The van der Waals surface area contributed by atoms with Gasteiger partial charge >= 0.3 is 0 Å². The Kier molecular flexibility index (Phi) is 6.95. The van der Waals surface area contributed by atoms with Gasteiger partial charge in [-0.1, -0.05) is 72.3 Å². The van der Waals surface area contributed by atoms with Gasteiger partial charge in [0.05, 0.1) is 10.4 Å². The molecular weight excluding hydrogens is 408 g/mol. The first-order chi connectivity index (χ1) is 14.7. The molecule has 0 spiro atoms. The van der Waals surface area contributed by atoms with Crippen LogP contribution in [0.3, 0.4) is 0 Å². The molecule has 30 heavy (non-hydrogen) atoms. The Balaban J connectivity index is 0.000000265. The van der Waals surface area contributed by atoms with Crippen molar-refractivity contribution in [3.05, 3.63) is 102 Å². The summed E-state index contributed by atoms with van der Waals surface area (Å²) in [6.45, 7) is 3.59. The van der Waals surface area contributed by atoms with Crippen molar-refractivity contribution in [2.24, 2.45) is 0 Å². The first-order valence-corrected chi connectivity index (χ1v) is 12.0. The summed E-state index contributed by atoms with van der Waals surface area (Å²) in [7, 11) is -1.21. The number of hydrogen-bond donors (Lipinski definition) is 0. The zero-order valence-electron chi connectivity index (χ0n) is 16.9. The van der Waals surface area contributed by atoms with Crippen LogP contribution in [0.25, 0.3) is 10.9 Å². The summed E-state index contributed by atoms with van der Waals surface area (Å²) in [5, 5.41) is 1.03. The second-order valence-electron chi connectivity index (χ2n) is 7.05. The lowest BCUT2D eigenvalue weighted by molar-refractivity contribution is 0.466. The van der Waals surface area contributed by atoms with Gasteiger partial charge in [0.25, 0.3) is 0 Å². The van der Waals surface area contributed by atoms with E-state index in [1.165, 1.54) is 16.0 Å². The Bertz CT molecular complexity index is 1140. The van der Waals surface area contributed by atoms with Crippen LogP contribution in [-0.2, 0) is 17.5 Å². The van der Waals surface area contributed by atoms with Crippen molar-refractivity contribution in [3.63, 3.8) is 0 Å². The summed E-state index contributed by atoms with van der Waals surface area (Å²) < 4.78 is 15.2. The van der Waals surface area contributed by atoms with Crippen molar-refractivity contribution in [1.29, 1.82) is 0 Å². The van der Waals surface area contributed by atoms with Crippen LogP contribution in [0.4, 0.5) is 0 Å². The van der Waals surface area contributed by atoms with Gasteiger partial charge in [-0.05, 0) is 30.7 Å². The summed E-state index contributed by atoms with van der Waals surface area (Å²) in [5.41, 5.74) is 3.40. The molecule has 0 saturated heterocycles. The van der Waals surface area contributed by atoms with Gasteiger partial charge in [0.2, 0.25) is 0 Å². The van der Waals surface area contributed by atoms with E-state index in [0.717, 1.165) is 28.1 Å². The van der Waals surface area contributed by atoms with E-state index in [0.29, 0.717) is 6.54 Å². The average Bonchev–Trinajstić information content (AvgIpc) is 3.02. The number of rotatable bonds is 2. The van der Waals surface area contributed by atoms with E-state index < -0.39 is 11.0 Å². The summed E-state index contributed by atoms with van der Waals surface area (Å²) in [6.07, 6.45) is 1.76. The van der Waals surface area contributed by atoms with E-state index >= 15 is 0 Å². The second kappa shape index (κ2) is 10.0. The molecule has 5 heteroatoms. The summed E-state index contributed by atoms with van der Waals surface area (Å²) in [4.78, 5) is 6.53. The number of benzene rings is 3. The number of para-hydroxylation sites is 1. The Hall–Kier alpha value is -2.47. The third kappa shape index (κ3) is 4.98. The Morgan fingerprint density at radius 3 is 2.47 bits per heavy atom. The average molecular weight is 433 g/mol. The molecule has 0 N–H and O–H groups in total. The van der Waals surface area contributed by atoms with Gasteiger partial charge in [0.1, 0.15) is 11.0 Å². The fraction of sp³-hybridized carbons (Fsp3) is 0.160. The van der Waals surface area contributed by atoms with Gasteiger partial charge in [0, 0.05) is 35.3 Å². The molecule has 0 aliphatic carbocycles. The molecule has 1 unspecified atom stereocenters. The highest BCUT2D eigenvalue weighted by Crippen LogP contribution is 2.30. The Morgan fingerprint density at radius 2 is 1.67 bits per heavy atom. The predicted octanol–water partition coefficient (Wildman–Crippen LogP) is 5.86. The predicted molar refractivity (Wildman–Crippen MR) is 127 cm³/mol. The minimum atomic E-state index is -1.21. The molecule has 1 atom stereocenters. The minimum Gasteiger partial charge on any atom is -0.255 e. The van der Waals surface area contributed by atoms with Crippen molar-refractivity contribution in [2.45, 2.75) is 23.3 Å². The lowest BCUT2D eigenvalue weighted by Crippen LogP contribution is -2.27. The number of aryl methyl sites for hydroxylation is 1. The van der Waals surface area contributed by atoms with E-state index in [1.807, 2.05) is 70.7 Å². The molecule has 1 aromatic heterocycles. The number of fused-ring (bicyclic) bond motifs is 2. The molecule has 0 saturated carbocycles. The number of thioether (sulfide) groups is 1. The molecule has 4 aromatic rings. The van der Waals surface area contributed by atoms with Gasteiger partial charge in [-0.25, -0.2) is 8.51 Å². The maximum atomic E-state index is 13.2. The van der Waals surface area contributed by atoms with Gasteiger partial charge in [-0.3, -0.25) is 4.98 Å². The highest BCUT2D eigenvalue weighted by Gasteiger charge is 2.22. The lowest BCUT2D eigenvalue weighted by Gasteiger charge is -2.19. The molecule has 0 bridgehead atoms. The molecule has 0 amide bonds. The van der Waals surface area contributed by atoms with Crippen LogP contribution in [0.1, 0.15) is 11.1 Å². The fourth-order valence-electron chi connectivity index (χ4n) is 3.33. The highest BCUT2D eigenvalue weighted by molar-refractivity contribution is 7.99.